The Morgan fingerprint density at radius 3 is 2.56 bits per heavy atom. The van der Waals surface area contributed by atoms with Crippen molar-refractivity contribution in [1.29, 1.82) is 0 Å². The van der Waals surface area contributed by atoms with Crippen LogP contribution < -0.4 is 5.32 Å². The highest BCUT2D eigenvalue weighted by atomic mass is 79.9. The molecule has 100 valence electrons. The van der Waals surface area contributed by atoms with Crippen molar-refractivity contribution in [2.45, 2.75) is 44.6 Å². The normalized spacial score (nSPS) is 18.0. The van der Waals surface area contributed by atoms with Gasteiger partial charge in [-0.3, -0.25) is 0 Å². The van der Waals surface area contributed by atoms with E-state index >= 15 is 0 Å². The van der Waals surface area contributed by atoms with Gasteiger partial charge in [-0.05, 0) is 35.7 Å². The highest BCUT2D eigenvalue weighted by Crippen LogP contribution is 2.39. The van der Waals surface area contributed by atoms with Crippen LogP contribution in [0.1, 0.15) is 56.1 Å². The predicted molar refractivity (Wildman–Crippen MR) is 75.9 cm³/mol. The quantitative estimate of drug-likeness (QED) is 0.921. The van der Waals surface area contributed by atoms with Gasteiger partial charge in [0, 0.05) is 20.1 Å². The number of nitrogens with one attached hydrogen (secondary N) is 1. The lowest BCUT2D eigenvalue weighted by Crippen LogP contribution is -2.11. The van der Waals surface area contributed by atoms with Crippen molar-refractivity contribution in [3.05, 3.63) is 16.0 Å². The standard InChI is InChI=1S/C13H20BrN3O/c1-8(18-3)12-16-11(9-6-4-5-7-9)10(14)13(15-2)17-12/h8-9H,4-7H2,1-3H3,(H,15,16,17). The number of hydrogen-bond donors (Lipinski definition) is 1. The summed E-state index contributed by atoms with van der Waals surface area (Å²) < 4.78 is 6.33. The van der Waals surface area contributed by atoms with Crippen molar-refractivity contribution in [3.63, 3.8) is 0 Å². The lowest BCUT2D eigenvalue weighted by atomic mass is 10.0. The Hall–Kier alpha value is -0.680. The highest BCUT2D eigenvalue weighted by Gasteiger charge is 2.24. The van der Waals surface area contributed by atoms with Gasteiger partial charge in [-0.15, -0.1) is 0 Å². The summed E-state index contributed by atoms with van der Waals surface area (Å²) in [7, 11) is 3.57. The topological polar surface area (TPSA) is 47.0 Å². The third-order valence-electron chi connectivity index (χ3n) is 3.59. The summed E-state index contributed by atoms with van der Waals surface area (Å²) in [6.45, 7) is 1.97. The Kier molecular flexibility index (Phi) is 4.56. The number of anilines is 1. The summed E-state index contributed by atoms with van der Waals surface area (Å²) in [6, 6.07) is 0. The zero-order valence-corrected chi connectivity index (χ0v) is 12.7. The zero-order chi connectivity index (χ0) is 13.1. The number of methoxy groups -OCH3 is 1. The van der Waals surface area contributed by atoms with Crippen LogP contribution in [0.5, 0.6) is 0 Å². The largest absolute Gasteiger partial charge is 0.374 e. The predicted octanol–water partition coefficient (Wildman–Crippen LogP) is 3.65. The van der Waals surface area contributed by atoms with Gasteiger partial charge in [0.05, 0.1) is 10.2 Å². The van der Waals surface area contributed by atoms with E-state index in [9.17, 15) is 0 Å². The van der Waals surface area contributed by atoms with Crippen LogP contribution in [-0.2, 0) is 4.74 Å². The van der Waals surface area contributed by atoms with E-state index in [1.165, 1.54) is 25.7 Å². The number of hydrogen-bond acceptors (Lipinski definition) is 4. The Balaban J connectivity index is 2.42. The lowest BCUT2D eigenvalue weighted by molar-refractivity contribution is 0.112. The molecule has 1 aromatic rings. The first-order valence-corrected chi connectivity index (χ1v) is 7.24. The van der Waals surface area contributed by atoms with Crippen LogP contribution in [0.3, 0.4) is 0 Å². The molecule has 0 aromatic carbocycles. The van der Waals surface area contributed by atoms with Gasteiger partial charge in [0.25, 0.3) is 0 Å². The first kappa shape index (κ1) is 13.7. The van der Waals surface area contributed by atoms with E-state index in [4.69, 9.17) is 9.72 Å². The van der Waals surface area contributed by atoms with Crippen molar-refractivity contribution in [2.75, 3.05) is 19.5 Å². The first-order chi connectivity index (χ1) is 8.67. The minimum atomic E-state index is -0.0784. The fraction of sp³-hybridized carbons (Fsp3) is 0.692. The fourth-order valence-corrected chi connectivity index (χ4v) is 3.10. The van der Waals surface area contributed by atoms with Crippen molar-refractivity contribution < 1.29 is 4.74 Å². The molecular weight excluding hydrogens is 294 g/mol. The maximum atomic E-state index is 5.33. The molecule has 1 unspecified atom stereocenters. The summed E-state index contributed by atoms with van der Waals surface area (Å²) in [5.74, 6) is 2.16. The first-order valence-electron chi connectivity index (χ1n) is 6.45. The molecule has 0 radical (unpaired) electrons. The van der Waals surface area contributed by atoms with Gasteiger partial charge in [0.2, 0.25) is 0 Å². The van der Waals surface area contributed by atoms with Gasteiger partial charge in [0.1, 0.15) is 11.9 Å². The molecule has 0 bridgehead atoms. The lowest BCUT2D eigenvalue weighted by Gasteiger charge is -2.17. The van der Waals surface area contributed by atoms with E-state index in [2.05, 4.69) is 26.2 Å². The molecule has 1 heterocycles. The number of ether oxygens (including phenoxy) is 1. The zero-order valence-electron chi connectivity index (χ0n) is 11.2. The Bertz CT molecular complexity index is 419. The molecule has 0 spiro atoms. The van der Waals surface area contributed by atoms with E-state index in [-0.39, 0.29) is 6.10 Å². The molecule has 1 aliphatic carbocycles. The van der Waals surface area contributed by atoms with Crippen LogP contribution in [0.4, 0.5) is 5.82 Å². The molecule has 18 heavy (non-hydrogen) atoms. The summed E-state index contributed by atoms with van der Waals surface area (Å²) in [5, 5.41) is 3.12. The van der Waals surface area contributed by atoms with Crippen molar-refractivity contribution >= 4 is 21.7 Å². The molecule has 1 aromatic heterocycles. The molecule has 0 amide bonds. The molecule has 4 nitrogen and oxygen atoms in total. The Morgan fingerprint density at radius 1 is 1.33 bits per heavy atom. The molecule has 0 saturated heterocycles. The molecule has 1 atom stereocenters. The van der Waals surface area contributed by atoms with Crippen molar-refractivity contribution in [1.82, 2.24) is 9.97 Å². The molecule has 1 N–H and O–H groups in total. The fourth-order valence-electron chi connectivity index (χ4n) is 2.41. The van der Waals surface area contributed by atoms with E-state index in [1.807, 2.05) is 14.0 Å². The SMILES string of the molecule is CNc1nc(C(C)OC)nc(C2CCCC2)c1Br. The average Bonchev–Trinajstić information content (AvgIpc) is 2.92. The van der Waals surface area contributed by atoms with Gasteiger partial charge < -0.3 is 10.1 Å². The Labute approximate surface area is 117 Å². The second kappa shape index (κ2) is 5.97. The van der Waals surface area contributed by atoms with Crippen LogP contribution >= 0.6 is 15.9 Å². The van der Waals surface area contributed by atoms with Crippen LogP contribution in [0.25, 0.3) is 0 Å². The van der Waals surface area contributed by atoms with Crippen molar-refractivity contribution in [2.24, 2.45) is 0 Å². The van der Waals surface area contributed by atoms with Crippen LogP contribution in [-0.4, -0.2) is 24.1 Å². The van der Waals surface area contributed by atoms with Gasteiger partial charge in [-0.2, -0.15) is 0 Å². The van der Waals surface area contributed by atoms with Gasteiger partial charge in [-0.25, -0.2) is 9.97 Å². The molecule has 1 aliphatic rings. The van der Waals surface area contributed by atoms with Crippen LogP contribution in [0.2, 0.25) is 0 Å². The number of aromatic nitrogens is 2. The monoisotopic (exact) mass is 313 g/mol. The molecule has 2 rings (SSSR count). The number of nitrogens with zero attached hydrogens (tertiary/aromatic N) is 2. The second-order valence-corrected chi connectivity index (χ2v) is 5.53. The van der Waals surface area contributed by atoms with E-state index in [0.29, 0.717) is 5.92 Å². The molecule has 1 saturated carbocycles. The average molecular weight is 314 g/mol. The maximum absolute atomic E-state index is 5.33. The Morgan fingerprint density at radius 2 is 2.00 bits per heavy atom. The third-order valence-corrected chi connectivity index (χ3v) is 4.37. The van der Waals surface area contributed by atoms with Crippen LogP contribution in [0, 0.1) is 0 Å². The number of halogens is 1. The van der Waals surface area contributed by atoms with E-state index < -0.39 is 0 Å². The summed E-state index contributed by atoms with van der Waals surface area (Å²) in [4.78, 5) is 9.21. The van der Waals surface area contributed by atoms with Crippen molar-refractivity contribution in [3.8, 4) is 0 Å². The summed E-state index contributed by atoms with van der Waals surface area (Å²) in [6.07, 6.45) is 4.96. The van der Waals surface area contributed by atoms with E-state index in [1.54, 1.807) is 7.11 Å². The second-order valence-electron chi connectivity index (χ2n) is 4.74. The smallest absolute Gasteiger partial charge is 0.159 e. The van der Waals surface area contributed by atoms with Gasteiger partial charge >= 0.3 is 0 Å². The molecule has 0 aliphatic heterocycles. The minimum Gasteiger partial charge on any atom is -0.374 e. The molecular formula is C13H20BrN3O. The van der Waals surface area contributed by atoms with Gasteiger partial charge in [-0.1, -0.05) is 12.8 Å². The highest BCUT2D eigenvalue weighted by molar-refractivity contribution is 9.10. The van der Waals surface area contributed by atoms with E-state index in [0.717, 1.165) is 21.8 Å². The summed E-state index contributed by atoms with van der Waals surface area (Å²) in [5.41, 5.74) is 1.13. The minimum absolute atomic E-state index is 0.0784. The molecule has 5 heteroatoms. The van der Waals surface area contributed by atoms with Crippen LogP contribution in [0.15, 0.2) is 4.47 Å². The third kappa shape index (κ3) is 2.67. The van der Waals surface area contributed by atoms with Gasteiger partial charge in [0.15, 0.2) is 5.82 Å². The maximum Gasteiger partial charge on any atom is 0.159 e. The molecule has 1 fully saturated rings. The summed E-state index contributed by atoms with van der Waals surface area (Å²) >= 11 is 3.63. The number of rotatable bonds is 4.